The van der Waals surface area contributed by atoms with Crippen molar-refractivity contribution in [1.29, 1.82) is 0 Å². The van der Waals surface area contributed by atoms with Gasteiger partial charge in [-0.05, 0) is 72.0 Å². The van der Waals surface area contributed by atoms with Crippen molar-refractivity contribution in [3.63, 3.8) is 0 Å². The maximum atomic E-state index is 12.2. The number of aromatic hydroxyl groups is 1. The number of hydrogen-bond acceptors (Lipinski definition) is 7. The summed E-state index contributed by atoms with van der Waals surface area (Å²) in [5.74, 6) is 1.12. The lowest BCUT2D eigenvalue weighted by molar-refractivity contribution is 0.0886. The summed E-state index contributed by atoms with van der Waals surface area (Å²) in [6.07, 6.45) is 0.0642. The third-order valence-corrected chi connectivity index (χ3v) is 6.14. The van der Waals surface area contributed by atoms with E-state index in [0.717, 1.165) is 23.3 Å². The molecule has 3 rings (SSSR count). The Labute approximate surface area is 230 Å². The Morgan fingerprint density at radius 1 is 0.949 bits per heavy atom. The molecule has 0 saturated heterocycles. The van der Waals surface area contributed by atoms with E-state index in [1.165, 1.54) is 6.07 Å². The molecule has 0 saturated carbocycles. The summed E-state index contributed by atoms with van der Waals surface area (Å²) in [7, 11) is 0. The van der Waals surface area contributed by atoms with Crippen LogP contribution in [0.4, 0.5) is 0 Å². The molecule has 0 spiro atoms. The second-order valence-electron chi connectivity index (χ2n) is 9.87. The van der Waals surface area contributed by atoms with E-state index in [-0.39, 0.29) is 18.3 Å². The predicted octanol–water partition coefficient (Wildman–Crippen LogP) is 3.73. The zero-order valence-electron chi connectivity index (χ0n) is 22.7. The number of carbonyl (C=O) groups excluding carboxylic acids is 1. The summed E-state index contributed by atoms with van der Waals surface area (Å²) in [4.78, 5) is 12.2. The van der Waals surface area contributed by atoms with Gasteiger partial charge in [-0.1, -0.05) is 44.2 Å². The molecule has 1 atom stereocenters. The molecule has 3 aromatic rings. The normalized spacial score (nSPS) is 11.9. The molecule has 3 aromatic carbocycles. The lowest BCUT2D eigenvalue weighted by Crippen LogP contribution is -2.27. The van der Waals surface area contributed by atoms with Crippen LogP contribution in [-0.2, 0) is 24.4 Å². The van der Waals surface area contributed by atoms with E-state index in [2.05, 4.69) is 24.5 Å². The number of ether oxygens (including phenoxy) is 2. The molecule has 210 valence electrons. The van der Waals surface area contributed by atoms with Gasteiger partial charge in [0.1, 0.15) is 18.1 Å². The van der Waals surface area contributed by atoms with Crippen molar-refractivity contribution < 1.29 is 29.6 Å². The highest BCUT2D eigenvalue weighted by Gasteiger charge is 2.10. The topological polar surface area (TPSA) is 120 Å². The second kappa shape index (κ2) is 15.9. The molecule has 8 heteroatoms. The van der Waals surface area contributed by atoms with E-state index in [4.69, 9.17) is 9.47 Å². The monoisotopic (exact) mass is 536 g/mol. The molecule has 0 aliphatic carbocycles. The molecule has 0 bridgehead atoms. The first-order valence-electron chi connectivity index (χ1n) is 13.3. The predicted molar refractivity (Wildman–Crippen MR) is 151 cm³/mol. The van der Waals surface area contributed by atoms with Gasteiger partial charge < -0.3 is 35.4 Å². The molecule has 0 aromatic heterocycles. The zero-order valence-corrected chi connectivity index (χ0v) is 22.7. The van der Waals surface area contributed by atoms with Crippen LogP contribution < -0.4 is 15.4 Å². The molecular formula is C31H40N2O6. The molecule has 0 aliphatic heterocycles. The van der Waals surface area contributed by atoms with Crippen molar-refractivity contribution in [3.8, 4) is 11.5 Å². The average Bonchev–Trinajstić information content (AvgIpc) is 2.94. The molecule has 39 heavy (non-hydrogen) atoms. The van der Waals surface area contributed by atoms with Crippen molar-refractivity contribution in [2.45, 2.75) is 39.6 Å². The molecule has 1 amide bonds. The molecule has 0 unspecified atom stereocenters. The molecule has 0 heterocycles. The molecule has 0 aliphatic rings. The largest absolute Gasteiger partial charge is 0.508 e. The maximum absolute atomic E-state index is 12.2. The first kappa shape index (κ1) is 30.1. The number of benzene rings is 3. The van der Waals surface area contributed by atoms with Crippen molar-refractivity contribution >= 4 is 5.91 Å². The molecule has 8 nitrogen and oxygen atoms in total. The van der Waals surface area contributed by atoms with Crippen LogP contribution in [-0.4, -0.2) is 54.1 Å². The van der Waals surface area contributed by atoms with Crippen molar-refractivity contribution in [2.24, 2.45) is 5.92 Å². The van der Waals surface area contributed by atoms with Crippen LogP contribution in [0.3, 0.4) is 0 Å². The third-order valence-electron chi connectivity index (χ3n) is 6.14. The standard InChI is InChI=1S/C31H40N2O6/c1-22(2)18-33-31(37)26-5-3-4-24(16-26)21-38-14-15-39-28-9-6-23(7-10-28)12-13-32-19-30(36)25-8-11-29(35)27(17-25)20-34/h3-11,16-17,22,30,32,34-36H,12-15,18-21H2,1-2H3,(H,33,37)/t30-/m1/s1. The highest BCUT2D eigenvalue weighted by atomic mass is 16.5. The minimum absolute atomic E-state index is 0.0200. The van der Waals surface area contributed by atoms with E-state index >= 15 is 0 Å². The van der Waals surface area contributed by atoms with Crippen molar-refractivity contribution in [2.75, 3.05) is 32.8 Å². The van der Waals surface area contributed by atoms with Gasteiger partial charge in [0.25, 0.3) is 5.91 Å². The summed E-state index contributed by atoms with van der Waals surface area (Å²) < 4.78 is 11.5. The summed E-state index contributed by atoms with van der Waals surface area (Å²) in [5, 5.41) is 35.4. The molecule has 0 radical (unpaired) electrons. The van der Waals surface area contributed by atoms with Gasteiger partial charge in [-0.3, -0.25) is 4.79 Å². The lowest BCUT2D eigenvalue weighted by atomic mass is 10.1. The van der Waals surface area contributed by atoms with Crippen molar-refractivity contribution in [1.82, 2.24) is 10.6 Å². The van der Waals surface area contributed by atoms with Crippen LogP contribution >= 0.6 is 0 Å². The molecular weight excluding hydrogens is 496 g/mol. The SMILES string of the molecule is CC(C)CNC(=O)c1cccc(COCCOc2ccc(CCNC[C@@H](O)c3ccc(O)c(CO)c3)cc2)c1. The zero-order chi connectivity index (χ0) is 28.0. The fourth-order valence-corrected chi connectivity index (χ4v) is 3.89. The Morgan fingerprint density at radius 3 is 2.49 bits per heavy atom. The van der Waals surface area contributed by atoms with Crippen LogP contribution in [0, 0.1) is 5.92 Å². The highest BCUT2D eigenvalue weighted by molar-refractivity contribution is 5.94. The number of phenols is 1. The Balaban J connectivity index is 1.31. The number of rotatable bonds is 16. The molecule has 0 fully saturated rings. The summed E-state index contributed by atoms with van der Waals surface area (Å²) in [5.41, 5.74) is 3.76. The van der Waals surface area contributed by atoms with E-state index in [1.807, 2.05) is 42.5 Å². The number of hydrogen-bond donors (Lipinski definition) is 5. The van der Waals surface area contributed by atoms with E-state index in [9.17, 15) is 20.1 Å². The minimum atomic E-state index is -0.730. The molecule has 5 N–H and O–H groups in total. The number of aliphatic hydroxyl groups excluding tert-OH is 2. The third kappa shape index (κ3) is 10.3. The summed E-state index contributed by atoms with van der Waals surface area (Å²) in [6, 6.07) is 20.1. The van der Waals surface area contributed by atoms with Gasteiger partial charge in [0, 0.05) is 24.2 Å². The Morgan fingerprint density at radius 2 is 1.74 bits per heavy atom. The van der Waals surface area contributed by atoms with Crippen LogP contribution in [0.2, 0.25) is 0 Å². The van der Waals surface area contributed by atoms with E-state index < -0.39 is 6.10 Å². The van der Waals surface area contributed by atoms with Crippen molar-refractivity contribution in [3.05, 3.63) is 94.5 Å². The highest BCUT2D eigenvalue weighted by Crippen LogP contribution is 2.22. The van der Waals surface area contributed by atoms with Gasteiger partial charge in [-0.2, -0.15) is 0 Å². The lowest BCUT2D eigenvalue weighted by Gasteiger charge is -2.14. The van der Waals surface area contributed by atoms with Crippen LogP contribution in [0.5, 0.6) is 11.5 Å². The van der Waals surface area contributed by atoms with Gasteiger partial charge in [0.05, 0.1) is 25.9 Å². The fourth-order valence-electron chi connectivity index (χ4n) is 3.89. The average molecular weight is 537 g/mol. The van der Waals surface area contributed by atoms with Crippen LogP contribution in [0.15, 0.2) is 66.7 Å². The number of nitrogens with one attached hydrogen (secondary N) is 2. The summed E-state index contributed by atoms with van der Waals surface area (Å²) in [6.45, 7) is 6.81. The second-order valence-corrected chi connectivity index (χ2v) is 9.87. The number of carbonyl (C=O) groups is 1. The first-order chi connectivity index (χ1) is 18.9. The maximum Gasteiger partial charge on any atom is 0.251 e. The van der Waals surface area contributed by atoms with Gasteiger partial charge >= 0.3 is 0 Å². The number of aliphatic hydroxyl groups is 2. The Kier molecular flexibility index (Phi) is 12.2. The van der Waals surface area contributed by atoms with Gasteiger partial charge in [-0.15, -0.1) is 0 Å². The quantitative estimate of drug-likeness (QED) is 0.177. The van der Waals surface area contributed by atoms with Gasteiger partial charge in [-0.25, -0.2) is 0 Å². The number of amides is 1. The summed E-state index contributed by atoms with van der Waals surface area (Å²) >= 11 is 0. The van der Waals surface area contributed by atoms with Crippen LogP contribution in [0.1, 0.15) is 52.6 Å². The van der Waals surface area contributed by atoms with Gasteiger partial charge in [0.15, 0.2) is 0 Å². The van der Waals surface area contributed by atoms with Gasteiger partial charge in [0.2, 0.25) is 0 Å². The first-order valence-corrected chi connectivity index (χ1v) is 13.3. The van der Waals surface area contributed by atoms with E-state index in [1.54, 1.807) is 18.2 Å². The minimum Gasteiger partial charge on any atom is -0.508 e. The van der Waals surface area contributed by atoms with E-state index in [0.29, 0.717) is 62.1 Å². The Bertz CT molecular complexity index is 1170. The fraction of sp³-hybridized carbons (Fsp3) is 0.387. The Hall–Kier alpha value is -3.43. The smallest absolute Gasteiger partial charge is 0.251 e. The van der Waals surface area contributed by atoms with Crippen LogP contribution in [0.25, 0.3) is 0 Å².